The van der Waals surface area contributed by atoms with E-state index >= 15 is 0 Å². The first-order valence-electron chi connectivity index (χ1n) is 11.9. The predicted octanol–water partition coefficient (Wildman–Crippen LogP) is 3.44. The van der Waals surface area contributed by atoms with Crippen molar-refractivity contribution in [3.8, 4) is 17.2 Å². The highest BCUT2D eigenvalue weighted by Gasteiger charge is 2.29. The maximum absolute atomic E-state index is 11.2. The fourth-order valence-electron chi connectivity index (χ4n) is 4.76. The Bertz CT molecular complexity index is 991. The number of nitrogens with zero attached hydrogens (tertiary/aromatic N) is 1. The van der Waals surface area contributed by atoms with Crippen LogP contribution >= 0.6 is 0 Å². The van der Waals surface area contributed by atoms with E-state index in [-0.39, 0.29) is 6.42 Å². The Morgan fingerprint density at radius 2 is 1.74 bits per heavy atom. The lowest BCUT2D eigenvalue weighted by Crippen LogP contribution is -2.32. The molecule has 1 aliphatic rings. The second kappa shape index (κ2) is 12.1. The first-order valence-corrected chi connectivity index (χ1v) is 11.9. The van der Waals surface area contributed by atoms with Crippen molar-refractivity contribution >= 4 is 5.97 Å². The van der Waals surface area contributed by atoms with Crippen LogP contribution in [0.25, 0.3) is 0 Å². The molecule has 186 valence electrons. The fourth-order valence-corrected chi connectivity index (χ4v) is 4.76. The van der Waals surface area contributed by atoms with Crippen LogP contribution in [-0.4, -0.2) is 70.5 Å². The number of rotatable bonds is 14. The van der Waals surface area contributed by atoms with Gasteiger partial charge in [-0.05, 0) is 98.9 Å². The molecule has 7 nitrogen and oxygen atoms in total. The van der Waals surface area contributed by atoms with E-state index < -0.39 is 5.97 Å². The quantitative estimate of drug-likeness (QED) is 0.410. The van der Waals surface area contributed by atoms with Gasteiger partial charge in [-0.1, -0.05) is 6.07 Å². The van der Waals surface area contributed by atoms with Gasteiger partial charge in [-0.15, -0.1) is 0 Å². The molecule has 0 heterocycles. The molecule has 0 saturated heterocycles. The Labute approximate surface area is 203 Å². The standard InChI is InChI=1S/C27H38N2O5/c1-18-11-20(15-27(30)31)19(13-24(18)32-3)7-9-28-8-6-10-29(2)17-22-12-21-14-25(33-4)26(34-5)16-23(21)22/h11,13-14,16,22,28H,6-10,12,15,17H2,1-5H3,(H,30,31). The third-order valence-electron chi connectivity index (χ3n) is 6.61. The lowest BCUT2D eigenvalue weighted by atomic mass is 9.77. The number of hydrogen-bond donors (Lipinski definition) is 2. The molecule has 7 heteroatoms. The van der Waals surface area contributed by atoms with E-state index in [0.29, 0.717) is 5.92 Å². The molecule has 0 saturated carbocycles. The Morgan fingerprint density at radius 3 is 2.41 bits per heavy atom. The Morgan fingerprint density at radius 1 is 1.03 bits per heavy atom. The van der Waals surface area contributed by atoms with Crippen molar-refractivity contribution in [2.45, 2.75) is 38.5 Å². The highest BCUT2D eigenvalue weighted by molar-refractivity contribution is 5.71. The molecule has 0 aliphatic heterocycles. The van der Waals surface area contributed by atoms with E-state index in [4.69, 9.17) is 14.2 Å². The lowest BCUT2D eigenvalue weighted by Gasteiger charge is -2.34. The monoisotopic (exact) mass is 470 g/mol. The van der Waals surface area contributed by atoms with Crippen molar-refractivity contribution in [2.75, 3.05) is 54.6 Å². The second-order valence-corrected chi connectivity index (χ2v) is 9.08. The normalized spacial score (nSPS) is 14.5. The molecule has 34 heavy (non-hydrogen) atoms. The largest absolute Gasteiger partial charge is 0.496 e. The number of aliphatic carboxylic acids is 1. The molecule has 0 bridgehead atoms. The van der Waals surface area contributed by atoms with Gasteiger partial charge < -0.3 is 29.5 Å². The number of carboxylic acid groups (broad SMARTS) is 1. The van der Waals surface area contributed by atoms with Crippen molar-refractivity contribution in [2.24, 2.45) is 0 Å². The number of fused-ring (bicyclic) bond motifs is 1. The van der Waals surface area contributed by atoms with Crippen LogP contribution in [0.4, 0.5) is 0 Å². The average molecular weight is 471 g/mol. The second-order valence-electron chi connectivity index (χ2n) is 9.08. The van der Waals surface area contributed by atoms with Gasteiger partial charge in [-0.25, -0.2) is 0 Å². The summed E-state index contributed by atoms with van der Waals surface area (Å²) in [5.41, 5.74) is 5.58. The van der Waals surface area contributed by atoms with Gasteiger partial charge in [-0.2, -0.15) is 0 Å². The van der Waals surface area contributed by atoms with Crippen LogP contribution in [0.1, 0.15) is 40.2 Å². The molecule has 1 unspecified atom stereocenters. The number of ether oxygens (including phenoxy) is 3. The number of carbonyl (C=O) groups is 1. The van der Waals surface area contributed by atoms with Gasteiger partial charge in [0.15, 0.2) is 11.5 Å². The molecule has 0 fully saturated rings. The number of benzene rings is 2. The van der Waals surface area contributed by atoms with Crippen LogP contribution < -0.4 is 19.5 Å². The van der Waals surface area contributed by atoms with Crippen LogP contribution in [0.2, 0.25) is 0 Å². The molecule has 2 N–H and O–H groups in total. The molecule has 1 aliphatic carbocycles. The van der Waals surface area contributed by atoms with Gasteiger partial charge in [0.2, 0.25) is 0 Å². The molecular formula is C27H38N2O5. The molecule has 0 radical (unpaired) electrons. The summed E-state index contributed by atoms with van der Waals surface area (Å²) in [6.45, 7) is 5.73. The Kier molecular flexibility index (Phi) is 9.19. The minimum Gasteiger partial charge on any atom is -0.496 e. The minimum absolute atomic E-state index is 0.0356. The van der Waals surface area contributed by atoms with Crippen molar-refractivity contribution in [3.63, 3.8) is 0 Å². The molecule has 2 aromatic carbocycles. The Balaban J connectivity index is 1.40. The van der Waals surface area contributed by atoms with Crippen LogP contribution in [0.3, 0.4) is 0 Å². The van der Waals surface area contributed by atoms with Crippen molar-refractivity contribution in [1.82, 2.24) is 10.2 Å². The summed E-state index contributed by atoms with van der Waals surface area (Å²) in [5.74, 6) is 2.14. The van der Waals surface area contributed by atoms with Gasteiger partial charge in [0, 0.05) is 12.5 Å². The summed E-state index contributed by atoms with van der Waals surface area (Å²) >= 11 is 0. The maximum atomic E-state index is 11.2. The minimum atomic E-state index is -0.812. The number of methoxy groups -OCH3 is 3. The van der Waals surface area contributed by atoms with E-state index in [2.05, 4.69) is 29.4 Å². The number of carboxylic acids is 1. The summed E-state index contributed by atoms with van der Waals surface area (Å²) in [5, 5.41) is 12.7. The SMILES string of the molecule is COc1cc(CCNCCCN(C)CC2Cc3cc(OC)c(OC)cc32)c(CC(=O)O)cc1C. The number of nitrogens with one attached hydrogen (secondary N) is 1. The van der Waals surface area contributed by atoms with Crippen molar-refractivity contribution < 1.29 is 24.1 Å². The lowest BCUT2D eigenvalue weighted by molar-refractivity contribution is -0.136. The molecule has 0 amide bonds. The van der Waals surface area contributed by atoms with Crippen LogP contribution in [0.15, 0.2) is 24.3 Å². The van der Waals surface area contributed by atoms with Gasteiger partial charge in [0.25, 0.3) is 0 Å². The summed E-state index contributed by atoms with van der Waals surface area (Å²) < 4.78 is 16.3. The van der Waals surface area contributed by atoms with Crippen molar-refractivity contribution in [3.05, 3.63) is 52.1 Å². The van der Waals surface area contributed by atoms with E-state index in [1.165, 1.54) is 11.1 Å². The van der Waals surface area contributed by atoms with Gasteiger partial charge in [-0.3, -0.25) is 4.79 Å². The third-order valence-corrected chi connectivity index (χ3v) is 6.61. The molecule has 0 spiro atoms. The zero-order chi connectivity index (χ0) is 24.7. The van der Waals surface area contributed by atoms with Gasteiger partial charge in [0.1, 0.15) is 5.75 Å². The smallest absolute Gasteiger partial charge is 0.307 e. The number of aryl methyl sites for hydroxylation is 1. The average Bonchev–Trinajstić information content (AvgIpc) is 2.80. The Hall–Kier alpha value is -2.77. The maximum Gasteiger partial charge on any atom is 0.307 e. The molecule has 3 rings (SSSR count). The van der Waals surface area contributed by atoms with Crippen LogP contribution in [0, 0.1) is 6.92 Å². The molecule has 0 aromatic heterocycles. The topological polar surface area (TPSA) is 80.3 Å². The zero-order valence-electron chi connectivity index (χ0n) is 21.1. The summed E-state index contributed by atoms with van der Waals surface area (Å²) in [6, 6.07) is 8.13. The van der Waals surface area contributed by atoms with E-state index in [1.807, 2.05) is 19.1 Å². The van der Waals surface area contributed by atoms with E-state index in [0.717, 1.165) is 79.4 Å². The van der Waals surface area contributed by atoms with E-state index in [9.17, 15) is 9.90 Å². The summed E-state index contributed by atoms with van der Waals surface area (Å²) in [7, 11) is 7.18. The zero-order valence-corrected chi connectivity index (χ0v) is 21.1. The van der Waals surface area contributed by atoms with Crippen LogP contribution in [0.5, 0.6) is 17.2 Å². The summed E-state index contributed by atoms with van der Waals surface area (Å²) in [6.07, 6.45) is 2.95. The van der Waals surface area contributed by atoms with E-state index in [1.54, 1.807) is 21.3 Å². The predicted molar refractivity (Wildman–Crippen MR) is 134 cm³/mol. The first kappa shape index (κ1) is 25.8. The fraction of sp³-hybridized carbons (Fsp3) is 0.519. The van der Waals surface area contributed by atoms with Crippen LogP contribution in [-0.2, 0) is 24.1 Å². The number of likely N-dealkylation sites (N-methyl/N-ethyl adjacent to an activating group) is 1. The molecule has 1 atom stereocenters. The molecule has 2 aromatic rings. The summed E-state index contributed by atoms with van der Waals surface area (Å²) in [4.78, 5) is 13.6. The van der Waals surface area contributed by atoms with Crippen molar-refractivity contribution in [1.29, 1.82) is 0 Å². The third kappa shape index (κ3) is 6.42. The highest BCUT2D eigenvalue weighted by atomic mass is 16.5. The highest BCUT2D eigenvalue weighted by Crippen LogP contribution is 2.42. The van der Waals surface area contributed by atoms with Gasteiger partial charge in [0.05, 0.1) is 27.8 Å². The number of hydrogen-bond acceptors (Lipinski definition) is 6. The molecular weight excluding hydrogens is 432 g/mol. The first-order chi connectivity index (χ1) is 16.4. The van der Waals surface area contributed by atoms with Gasteiger partial charge >= 0.3 is 5.97 Å².